The molecule has 0 amide bonds. The Balaban J connectivity index is 1.96. The summed E-state index contributed by atoms with van der Waals surface area (Å²) in [6.45, 7) is 3.66. The van der Waals surface area contributed by atoms with Gasteiger partial charge in [-0.15, -0.1) is 11.3 Å². The summed E-state index contributed by atoms with van der Waals surface area (Å²) in [7, 11) is 0. The molecule has 7 heteroatoms. The van der Waals surface area contributed by atoms with Gasteiger partial charge in [0.25, 0.3) is 5.56 Å². The second kappa shape index (κ2) is 5.58. The van der Waals surface area contributed by atoms with Crippen LogP contribution in [0.15, 0.2) is 33.0 Å². The van der Waals surface area contributed by atoms with Gasteiger partial charge in [0, 0.05) is 0 Å². The summed E-state index contributed by atoms with van der Waals surface area (Å²) in [5, 5.41) is 15.3. The molecular weight excluding hydrogens is 300 g/mol. The molecule has 110 valence electrons. The average molecular weight is 312 g/mol. The molecule has 0 atom stereocenters. The Bertz CT molecular complexity index is 916. The van der Waals surface area contributed by atoms with E-state index in [9.17, 15) is 4.79 Å². The lowest BCUT2D eigenvalue weighted by molar-refractivity contribution is 0.567. The normalized spacial score (nSPS) is 10.6. The van der Waals surface area contributed by atoms with Crippen molar-refractivity contribution in [1.82, 2.24) is 14.8 Å². The molecule has 0 aliphatic heterocycles. The van der Waals surface area contributed by atoms with E-state index < -0.39 is 5.56 Å². The van der Waals surface area contributed by atoms with E-state index in [2.05, 4.69) is 10.1 Å². The van der Waals surface area contributed by atoms with Gasteiger partial charge in [-0.3, -0.25) is 4.79 Å². The lowest BCUT2D eigenvalue weighted by Gasteiger charge is -2.07. The van der Waals surface area contributed by atoms with Gasteiger partial charge in [0.05, 0.1) is 17.1 Å². The molecule has 0 unspecified atom stereocenters. The van der Waals surface area contributed by atoms with E-state index in [1.165, 1.54) is 22.3 Å². The number of hydrogen-bond acceptors (Lipinski definition) is 6. The SMILES string of the molecule is Cc1nn(Cc2coc(-c3cccs3)n2)c(=O)c(C#N)c1C. The number of nitrogens with zero attached hydrogens (tertiary/aromatic N) is 4. The second-order valence-corrected chi connectivity index (χ2v) is 5.73. The van der Waals surface area contributed by atoms with Crippen LogP contribution in [0.3, 0.4) is 0 Å². The maximum atomic E-state index is 12.2. The topological polar surface area (TPSA) is 84.7 Å². The lowest BCUT2D eigenvalue weighted by atomic mass is 10.1. The Morgan fingerprint density at radius 3 is 2.95 bits per heavy atom. The molecule has 3 aromatic heterocycles. The highest BCUT2D eigenvalue weighted by molar-refractivity contribution is 7.13. The molecule has 0 aromatic carbocycles. The van der Waals surface area contributed by atoms with Crippen molar-refractivity contribution in [3.05, 3.63) is 56.6 Å². The van der Waals surface area contributed by atoms with Crippen molar-refractivity contribution in [2.45, 2.75) is 20.4 Å². The van der Waals surface area contributed by atoms with Crippen molar-refractivity contribution in [3.8, 4) is 16.8 Å². The Morgan fingerprint density at radius 2 is 2.27 bits per heavy atom. The van der Waals surface area contributed by atoms with Gasteiger partial charge in [-0.1, -0.05) is 6.07 Å². The van der Waals surface area contributed by atoms with Gasteiger partial charge in [0.15, 0.2) is 0 Å². The summed E-state index contributed by atoms with van der Waals surface area (Å²) in [4.78, 5) is 17.5. The van der Waals surface area contributed by atoms with E-state index in [4.69, 9.17) is 9.68 Å². The van der Waals surface area contributed by atoms with Crippen molar-refractivity contribution in [2.75, 3.05) is 0 Å². The van der Waals surface area contributed by atoms with Gasteiger partial charge in [-0.2, -0.15) is 10.4 Å². The molecule has 0 fully saturated rings. The van der Waals surface area contributed by atoms with Crippen molar-refractivity contribution in [3.63, 3.8) is 0 Å². The molecule has 0 aliphatic carbocycles. The van der Waals surface area contributed by atoms with E-state index in [0.29, 0.717) is 22.8 Å². The number of thiophene rings is 1. The maximum Gasteiger partial charge on any atom is 0.285 e. The van der Waals surface area contributed by atoms with E-state index in [-0.39, 0.29) is 12.1 Å². The summed E-state index contributed by atoms with van der Waals surface area (Å²) < 4.78 is 6.67. The van der Waals surface area contributed by atoms with Gasteiger partial charge in [0.1, 0.15) is 23.6 Å². The summed E-state index contributed by atoms with van der Waals surface area (Å²) in [6.07, 6.45) is 1.50. The number of hydrogen-bond donors (Lipinski definition) is 0. The van der Waals surface area contributed by atoms with Crippen LogP contribution in [-0.2, 0) is 6.54 Å². The third-order valence-electron chi connectivity index (χ3n) is 3.34. The van der Waals surface area contributed by atoms with E-state index >= 15 is 0 Å². The van der Waals surface area contributed by atoms with Gasteiger partial charge in [-0.05, 0) is 30.9 Å². The fourth-order valence-corrected chi connectivity index (χ4v) is 2.71. The van der Waals surface area contributed by atoms with Crippen LogP contribution in [0.25, 0.3) is 10.8 Å². The van der Waals surface area contributed by atoms with E-state index in [1.807, 2.05) is 23.6 Å². The molecule has 0 radical (unpaired) electrons. The van der Waals surface area contributed by atoms with Crippen LogP contribution < -0.4 is 5.56 Å². The smallest absolute Gasteiger partial charge is 0.285 e. The van der Waals surface area contributed by atoms with Crippen molar-refractivity contribution < 1.29 is 4.42 Å². The van der Waals surface area contributed by atoms with Crippen molar-refractivity contribution in [2.24, 2.45) is 0 Å². The predicted octanol–water partition coefficient (Wildman–Crippen LogP) is 2.50. The fraction of sp³-hybridized carbons (Fsp3) is 0.200. The Kier molecular flexibility index (Phi) is 3.61. The summed E-state index contributed by atoms with van der Waals surface area (Å²) in [5.74, 6) is 0.516. The zero-order valence-electron chi connectivity index (χ0n) is 12.0. The van der Waals surface area contributed by atoms with E-state index in [0.717, 1.165) is 4.88 Å². The first-order valence-electron chi connectivity index (χ1n) is 6.57. The third-order valence-corrected chi connectivity index (χ3v) is 4.20. The summed E-state index contributed by atoms with van der Waals surface area (Å²) >= 11 is 1.53. The van der Waals surface area contributed by atoms with Crippen LogP contribution in [0, 0.1) is 25.2 Å². The minimum atomic E-state index is -0.411. The highest BCUT2D eigenvalue weighted by atomic mass is 32.1. The highest BCUT2D eigenvalue weighted by Crippen LogP contribution is 2.23. The zero-order chi connectivity index (χ0) is 15.7. The number of aromatic nitrogens is 3. The maximum absolute atomic E-state index is 12.2. The first kappa shape index (κ1) is 14.2. The molecule has 22 heavy (non-hydrogen) atoms. The van der Waals surface area contributed by atoms with Gasteiger partial charge in [-0.25, -0.2) is 9.67 Å². The molecule has 0 bridgehead atoms. The first-order valence-corrected chi connectivity index (χ1v) is 7.45. The van der Waals surface area contributed by atoms with Crippen LogP contribution in [0.2, 0.25) is 0 Å². The molecule has 0 spiro atoms. The van der Waals surface area contributed by atoms with Crippen LogP contribution >= 0.6 is 11.3 Å². The number of nitriles is 1. The quantitative estimate of drug-likeness (QED) is 0.742. The monoisotopic (exact) mass is 312 g/mol. The Hall–Kier alpha value is -2.72. The van der Waals surface area contributed by atoms with Crippen molar-refractivity contribution >= 4 is 11.3 Å². The van der Waals surface area contributed by atoms with Crippen LogP contribution in [0.1, 0.15) is 22.5 Å². The zero-order valence-corrected chi connectivity index (χ0v) is 12.8. The summed E-state index contributed by atoms with van der Waals surface area (Å²) in [5.41, 5.74) is 1.56. The molecule has 3 heterocycles. The van der Waals surface area contributed by atoms with E-state index in [1.54, 1.807) is 13.8 Å². The Morgan fingerprint density at radius 1 is 1.45 bits per heavy atom. The van der Waals surface area contributed by atoms with Crippen molar-refractivity contribution in [1.29, 1.82) is 5.26 Å². The fourth-order valence-electron chi connectivity index (χ4n) is 2.06. The van der Waals surface area contributed by atoms with Crippen LogP contribution in [0.5, 0.6) is 0 Å². The predicted molar refractivity (Wildman–Crippen MR) is 81.6 cm³/mol. The Labute approximate surface area is 130 Å². The van der Waals surface area contributed by atoms with Crippen LogP contribution in [-0.4, -0.2) is 14.8 Å². The summed E-state index contributed by atoms with van der Waals surface area (Å²) in [6, 6.07) is 5.77. The standard InChI is InChI=1S/C15H12N4O2S/c1-9-10(2)18-19(15(20)12(9)6-16)7-11-8-21-14(17-11)13-4-3-5-22-13/h3-5,8H,7H2,1-2H3. The third kappa shape index (κ3) is 2.44. The van der Waals surface area contributed by atoms with Crippen LogP contribution in [0.4, 0.5) is 0 Å². The second-order valence-electron chi connectivity index (χ2n) is 4.78. The van der Waals surface area contributed by atoms with Gasteiger partial charge >= 0.3 is 0 Å². The molecule has 3 rings (SSSR count). The minimum Gasteiger partial charge on any atom is -0.443 e. The van der Waals surface area contributed by atoms with Gasteiger partial charge < -0.3 is 4.42 Å². The number of oxazole rings is 1. The molecular formula is C15H12N4O2S. The number of rotatable bonds is 3. The molecule has 0 N–H and O–H groups in total. The average Bonchev–Trinajstić information content (AvgIpc) is 3.16. The largest absolute Gasteiger partial charge is 0.443 e. The molecule has 0 saturated carbocycles. The molecule has 0 saturated heterocycles. The van der Waals surface area contributed by atoms with Gasteiger partial charge in [0.2, 0.25) is 5.89 Å². The molecule has 6 nitrogen and oxygen atoms in total. The highest BCUT2D eigenvalue weighted by Gasteiger charge is 2.14. The molecule has 0 aliphatic rings. The number of aryl methyl sites for hydroxylation is 1. The first-order chi connectivity index (χ1) is 10.6. The lowest BCUT2D eigenvalue weighted by Crippen LogP contribution is -2.28. The molecule has 3 aromatic rings. The minimum absolute atomic E-state index is 0.120.